The van der Waals surface area contributed by atoms with E-state index in [1.807, 2.05) is 43.0 Å². The summed E-state index contributed by atoms with van der Waals surface area (Å²) in [5, 5.41) is 11.1. The Labute approximate surface area is 197 Å². The number of ether oxygens (including phenoxy) is 2. The van der Waals surface area contributed by atoms with E-state index in [4.69, 9.17) is 9.47 Å². The molecular formula is C25H29N5O4. The normalized spacial score (nSPS) is 19.2. The van der Waals surface area contributed by atoms with Gasteiger partial charge in [-0.1, -0.05) is 6.07 Å². The summed E-state index contributed by atoms with van der Waals surface area (Å²) in [6.07, 6.45) is 7.33. The van der Waals surface area contributed by atoms with Crippen molar-refractivity contribution in [3.8, 4) is 22.6 Å². The molecule has 1 fully saturated rings. The number of rotatable bonds is 6. The predicted octanol–water partition coefficient (Wildman–Crippen LogP) is 2.64. The summed E-state index contributed by atoms with van der Waals surface area (Å²) in [4.78, 5) is 28.0. The molecule has 0 unspecified atom stereocenters. The number of pyridine rings is 1. The van der Waals surface area contributed by atoms with Crippen LogP contribution in [0.1, 0.15) is 47.3 Å². The fourth-order valence-corrected chi connectivity index (χ4v) is 4.68. The molecule has 178 valence electrons. The van der Waals surface area contributed by atoms with Crippen LogP contribution in [0.5, 0.6) is 11.5 Å². The van der Waals surface area contributed by atoms with E-state index in [0.29, 0.717) is 17.5 Å². The maximum atomic E-state index is 12.9. The van der Waals surface area contributed by atoms with Gasteiger partial charge in [0.1, 0.15) is 5.56 Å². The van der Waals surface area contributed by atoms with Crippen LogP contribution < -0.4 is 25.7 Å². The molecule has 9 nitrogen and oxygen atoms in total. The fourth-order valence-electron chi connectivity index (χ4n) is 4.68. The van der Waals surface area contributed by atoms with Crippen molar-refractivity contribution >= 4 is 5.91 Å². The number of carbonyl (C=O) groups excluding carboxylic acids is 1. The van der Waals surface area contributed by atoms with E-state index < -0.39 is 5.56 Å². The van der Waals surface area contributed by atoms with Crippen LogP contribution in [0.3, 0.4) is 0 Å². The van der Waals surface area contributed by atoms with Gasteiger partial charge in [0, 0.05) is 43.6 Å². The molecule has 1 aromatic carbocycles. The summed E-state index contributed by atoms with van der Waals surface area (Å²) in [5.41, 5.74) is 3.54. The smallest absolute Gasteiger partial charge is 0.260 e. The maximum Gasteiger partial charge on any atom is 0.260 e. The molecule has 0 radical (unpaired) electrons. The third-order valence-corrected chi connectivity index (χ3v) is 6.61. The molecule has 1 aliphatic carbocycles. The van der Waals surface area contributed by atoms with E-state index in [9.17, 15) is 9.59 Å². The molecule has 9 heteroatoms. The lowest BCUT2D eigenvalue weighted by molar-refractivity contribution is 0.0922. The van der Waals surface area contributed by atoms with Crippen molar-refractivity contribution in [2.75, 3.05) is 6.79 Å². The minimum atomic E-state index is -0.399. The highest BCUT2D eigenvalue weighted by atomic mass is 16.7. The van der Waals surface area contributed by atoms with Crippen molar-refractivity contribution in [2.45, 2.75) is 51.2 Å². The molecule has 0 bridgehead atoms. The number of amides is 1. The van der Waals surface area contributed by atoms with Crippen LogP contribution in [0.15, 0.2) is 41.5 Å². The second-order valence-electron chi connectivity index (χ2n) is 9.02. The molecule has 3 N–H and O–H groups in total. The molecule has 3 aromatic rings. The third kappa shape index (κ3) is 4.70. The van der Waals surface area contributed by atoms with Crippen molar-refractivity contribution < 1.29 is 14.3 Å². The molecule has 0 atom stereocenters. The summed E-state index contributed by atoms with van der Waals surface area (Å²) in [6, 6.07) is 7.65. The largest absolute Gasteiger partial charge is 0.454 e. The van der Waals surface area contributed by atoms with Crippen molar-refractivity contribution in [2.24, 2.45) is 7.05 Å². The van der Waals surface area contributed by atoms with Gasteiger partial charge in [-0.2, -0.15) is 5.10 Å². The minimum absolute atomic E-state index is 0.0549. The van der Waals surface area contributed by atoms with E-state index >= 15 is 0 Å². The summed E-state index contributed by atoms with van der Waals surface area (Å²) in [7, 11) is 1.93. The lowest BCUT2D eigenvalue weighted by atomic mass is 9.90. The molecule has 1 amide bonds. The number of carbonyl (C=O) groups is 1. The van der Waals surface area contributed by atoms with Crippen molar-refractivity contribution in [1.29, 1.82) is 0 Å². The highest BCUT2D eigenvalue weighted by molar-refractivity contribution is 5.95. The van der Waals surface area contributed by atoms with Crippen LogP contribution in [0.2, 0.25) is 0 Å². The Balaban J connectivity index is 1.18. The lowest BCUT2D eigenvalue weighted by Crippen LogP contribution is -2.43. The van der Waals surface area contributed by atoms with Gasteiger partial charge in [-0.05, 0) is 61.9 Å². The van der Waals surface area contributed by atoms with Crippen LogP contribution in [0.4, 0.5) is 0 Å². The Kier molecular flexibility index (Phi) is 6.10. The average molecular weight is 464 g/mol. The van der Waals surface area contributed by atoms with E-state index in [-0.39, 0.29) is 24.3 Å². The number of hydrogen-bond acceptors (Lipinski definition) is 6. The number of benzene rings is 1. The van der Waals surface area contributed by atoms with E-state index in [0.717, 1.165) is 49.0 Å². The summed E-state index contributed by atoms with van der Waals surface area (Å²) in [6.45, 7) is 3.01. The van der Waals surface area contributed by atoms with E-state index in [1.165, 1.54) is 5.56 Å². The molecule has 1 saturated carbocycles. The Bertz CT molecular complexity index is 1260. The second-order valence-corrected chi connectivity index (χ2v) is 9.02. The zero-order chi connectivity index (χ0) is 23.7. The predicted molar refractivity (Wildman–Crippen MR) is 127 cm³/mol. The molecular weight excluding hydrogens is 434 g/mol. The fraction of sp³-hybridized carbons (Fsp3) is 0.400. The van der Waals surface area contributed by atoms with E-state index in [1.54, 1.807) is 12.3 Å². The molecule has 3 heterocycles. The Morgan fingerprint density at radius 2 is 1.88 bits per heavy atom. The SMILES string of the molecule is Cc1nn(C)cc1CNC1CCC(NC(=O)c2cc(-c3ccc4c(c3)OCO4)c[nH]c2=O)CC1. The van der Waals surface area contributed by atoms with Gasteiger partial charge in [-0.15, -0.1) is 0 Å². The van der Waals surface area contributed by atoms with Crippen molar-refractivity contribution in [3.05, 3.63) is 63.8 Å². The second kappa shape index (κ2) is 9.34. The first kappa shape index (κ1) is 22.2. The summed E-state index contributed by atoms with van der Waals surface area (Å²) in [5.74, 6) is 0.997. The number of nitrogens with one attached hydrogen (secondary N) is 3. The van der Waals surface area contributed by atoms with Crippen molar-refractivity contribution in [3.63, 3.8) is 0 Å². The van der Waals surface area contributed by atoms with Crippen LogP contribution in [0.25, 0.3) is 11.1 Å². The van der Waals surface area contributed by atoms with Gasteiger partial charge in [0.2, 0.25) is 6.79 Å². The van der Waals surface area contributed by atoms with E-state index in [2.05, 4.69) is 20.7 Å². The first-order valence-electron chi connectivity index (χ1n) is 11.6. The average Bonchev–Trinajstić information content (AvgIpc) is 3.43. The van der Waals surface area contributed by atoms with Crippen LogP contribution in [0, 0.1) is 6.92 Å². The summed E-state index contributed by atoms with van der Waals surface area (Å²) >= 11 is 0. The topological polar surface area (TPSA) is 110 Å². The molecule has 0 spiro atoms. The first-order valence-corrected chi connectivity index (χ1v) is 11.6. The molecule has 0 saturated heterocycles. The zero-order valence-electron chi connectivity index (χ0n) is 19.4. The van der Waals surface area contributed by atoms with Crippen molar-refractivity contribution in [1.82, 2.24) is 25.4 Å². The van der Waals surface area contributed by atoms with Crippen LogP contribution in [-0.2, 0) is 13.6 Å². The quantitative estimate of drug-likeness (QED) is 0.518. The van der Waals surface area contributed by atoms with Gasteiger partial charge in [0.05, 0.1) is 5.69 Å². The maximum absolute atomic E-state index is 12.9. The van der Waals surface area contributed by atoms with Crippen LogP contribution >= 0.6 is 0 Å². The Hall–Kier alpha value is -3.59. The number of aromatic nitrogens is 3. The molecule has 2 aromatic heterocycles. The number of nitrogens with zero attached hydrogens (tertiary/aromatic N) is 2. The lowest BCUT2D eigenvalue weighted by Gasteiger charge is -2.29. The highest BCUT2D eigenvalue weighted by Gasteiger charge is 2.24. The Morgan fingerprint density at radius 3 is 2.65 bits per heavy atom. The number of hydrogen-bond donors (Lipinski definition) is 3. The zero-order valence-corrected chi connectivity index (χ0v) is 19.4. The van der Waals surface area contributed by atoms with Gasteiger partial charge in [0.15, 0.2) is 11.5 Å². The van der Waals surface area contributed by atoms with Gasteiger partial charge >= 0.3 is 0 Å². The molecule has 34 heavy (non-hydrogen) atoms. The highest BCUT2D eigenvalue weighted by Crippen LogP contribution is 2.35. The van der Waals surface area contributed by atoms with Gasteiger partial charge in [-0.25, -0.2) is 0 Å². The monoisotopic (exact) mass is 463 g/mol. The van der Waals surface area contributed by atoms with Crippen LogP contribution in [-0.4, -0.2) is 39.5 Å². The number of aromatic amines is 1. The summed E-state index contributed by atoms with van der Waals surface area (Å²) < 4.78 is 12.6. The molecule has 5 rings (SSSR count). The van der Waals surface area contributed by atoms with Gasteiger partial charge in [-0.3, -0.25) is 14.3 Å². The third-order valence-electron chi connectivity index (χ3n) is 6.61. The number of H-pyrrole nitrogens is 1. The molecule has 1 aliphatic heterocycles. The van der Waals surface area contributed by atoms with Gasteiger partial charge < -0.3 is 25.1 Å². The van der Waals surface area contributed by atoms with Gasteiger partial charge in [0.25, 0.3) is 11.5 Å². The standard InChI is InChI=1S/C25H29N5O4/c1-15-18(13-30(2)29-15)12-26-19-4-6-20(7-5-19)28-25(32)21-9-17(11-27-24(21)31)16-3-8-22-23(10-16)34-14-33-22/h3,8-11,13,19-20,26H,4-7,12,14H2,1-2H3,(H,27,31)(H,28,32). The Morgan fingerprint density at radius 1 is 1.12 bits per heavy atom. The number of aryl methyl sites for hydroxylation is 2. The molecule has 2 aliphatic rings. The number of fused-ring (bicyclic) bond motifs is 1. The first-order chi connectivity index (χ1) is 16.5. The minimum Gasteiger partial charge on any atom is -0.454 e.